The van der Waals surface area contributed by atoms with Gasteiger partial charge in [0.25, 0.3) is 0 Å². The number of ether oxygens (including phenoxy) is 1. The van der Waals surface area contributed by atoms with Gasteiger partial charge >= 0.3 is 5.97 Å². The number of hydrogen-bond acceptors (Lipinski definition) is 4. The monoisotopic (exact) mass is 407 g/mol. The van der Waals surface area contributed by atoms with Crippen LogP contribution in [0.25, 0.3) is 0 Å². The summed E-state index contributed by atoms with van der Waals surface area (Å²) in [4.78, 5) is 39.3. The smallest absolute Gasteiger partial charge is 0.311 e. The van der Waals surface area contributed by atoms with Crippen LogP contribution in [-0.2, 0) is 14.3 Å². The van der Waals surface area contributed by atoms with E-state index < -0.39 is 11.9 Å². The number of rotatable bonds is 7. The van der Waals surface area contributed by atoms with Gasteiger partial charge in [0.05, 0.1) is 5.92 Å². The first-order valence-corrected chi connectivity index (χ1v) is 10.5. The number of aryl methyl sites for hydroxylation is 2. The highest BCUT2D eigenvalue weighted by Crippen LogP contribution is 2.33. The lowest BCUT2D eigenvalue weighted by Gasteiger charge is -2.23. The van der Waals surface area contributed by atoms with E-state index in [2.05, 4.69) is 13.8 Å². The zero-order valence-corrected chi connectivity index (χ0v) is 18.1. The van der Waals surface area contributed by atoms with Gasteiger partial charge in [-0.1, -0.05) is 55.8 Å². The Morgan fingerprint density at radius 1 is 1.17 bits per heavy atom. The third-order valence-electron chi connectivity index (χ3n) is 5.86. The highest BCUT2D eigenvalue weighted by Gasteiger charge is 2.37. The summed E-state index contributed by atoms with van der Waals surface area (Å²) in [6.07, 6.45) is 1.07. The van der Waals surface area contributed by atoms with Crippen LogP contribution in [0.5, 0.6) is 0 Å². The zero-order chi connectivity index (χ0) is 21.8. The molecule has 0 radical (unpaired) electrons. The van der Waals surface area contributed by atoms with Gasteiger partial charge in [-0.15, -0.1) is 0 Å². The molecule has 0 spiro atoms. The predicted molar refractivity (Wildman–Crippen MR) is 117 cm³/mol. The molecular weight excluding hydrogens is 378 g/mol. The number of hydrogen-bond donors (Lipinski definition) is 0. The van der Waals surface area contributed by atoms with Crippen molar-refractivity contribution < 1.29 is 19.1 Å². The molecule has 0 N–H and O–H groups in total. The van der Waals surface area contributed by atoms with E-state index in [1.54, 1.807) is 11.0 Å². The number of nitrogens with zero attached hydrogens (tertiary/aromatic N) is 1. The van der Waals surface area contributed by atoms with E-state index in [1.165, 1.54) is 0 Å². The normalized spacial score (nSPS) is 17.1. The van der Waals surface area contributed by atoms with Gasteiger partial charge in [-0.2, -0.15) is 0 Å². The first kappa shape index (κ1) is 21.8. The van der Waals surface area contributed by atoms with Crippen molar-refractivity contribution in [3.63, 3.8) is 0 Å². The standard InChI is InChI=1S/C25H29NO4/c1-5-17(3)20-8-6-7-9-22(20)26-14-19(13-24(26)28)25(29)30-15-23(27)21-11-10-16(2)12-18(21)4/h6-12,17,19H,5,13-15H2,1-4H3/t17-,19-/m0/s1. The number of carbonyl (C=O) groups is 3. The lowest BCUT2D eigenvalue weighted by molar-refractivity contribution is -0.147. The summed E-state index contributed by atoms with van der Waals surface area (Å²) in [7, 11) is 0. The second-order valence-electron chi connectivity index (χ2n) is 8.12. The van der Waals surface area contributed by atoms with Crippen LogP contribution >= 0.6 is 0 Å². The number of benzene rings is 2. The molecule has 2 atom stereocenters. The van der Waals surface area contributed by atoms with Gasteiger partial charge in [0.2, 0.25) is 11.7 Å². The van der Waals surface area contributed by atoms with E-state index in [0.29, 0.717) is 11.5 Å². The van der Waals surface area contributed by atoms with Gasteiger partial charge in [-0.25, -0.2) is 0 Å². The molecule has 1 fully saturated rings. The Morgan fingerprint density at radius 2 is 1.90 bits per heavy atom. The Balaban J connectivity index is 1.65. The molecule has 1 saturated heterocycles. The average Bonchev–Trinajstić information content (AvgIpc) is 3.12. The summed E-state index contributed by atoms with van der Waals surface area (Å²) in [5, 5.41) is 0. The van der Waals surface area contributed by atoms with Crippen LogP contribution in [0.15, 0.2) is 42.5 Å². The van der Waals surface area contributed by atoms with Gasteiger partial charge in [0.15, 0.2) is 6.61 Å². The second kappa shape index (κ2) is 9.24. The van der Waals surface area contributed by atoms with E-state index in [-0.39, 0.29) is 31.3 Å². The molecule has 0 aromatic heterocycles. The Hall–Kier alpha value is -2.95. The van der Waals surface area contributed by atoms with Crippen molar-refractivity contribution in [1.29, 1.82) is 0 Å². The number of anilines is 1. The summed E-state index contributed by atoms with van der Waals surface area (Å²) in [6, 6.07) is 13.4. The maximum atomic E-state index is 12.6. The van der Waals surface area contributed by atoms with Crippen LogP contribution in [-0.4, -0.2) is 30.8 Å². The summed E-state index contributed by atoms with van der Waals surface area (Å²) in [5.74, 6) is -1.06. The first-order chi connectivity index (χ1) is 14.3. The minimum absolute atomic E-state index is 0.0894. The Labute approximate surface area is 178 Å². The van der Waals surface area contributed by atoms with Crippen LogP contribution in [0, 0.1) is 19.8 Å². The fourth-order valence-electron chi connectivity index (χ4n) is 3.93. The van der Waals surface area contributed by atoms with Crippen molar-refractivity contribution in [1.82, 2.24) is 0 Å². The molecule has 0 aliphatic carbocycles. The van der Waals surface area contributed by atoms with Crippen molar-refractivity contribution >= 4 is 23.3 Å². The largest absolute Gasteiger partial charge is 0.457 e. The molecule has 2 aromatic rings. The van der Waals surface area contributed by atoms with Gasteiger partial charge in [-0.3, -0.25) is 14.4 Å². The van der Waals surface area contributed by atoms with Crippen LogP contribution in [0.3, 0.4) is 0 Å². The van der Waals surface area contributed by atoms with Crippen LogP contribution < -0.4 is 4.90 Å². The molecule has 0 unspecified atom stereocenters. The topological polar surface area (TPSA) is 63.7 Å². The number of carbonyl (C=O) groups excluding carboxylic acids is 3. The second-order valence-corrected chi connectivity index (χ2v) is 8.12. The fourth-order valence-corrected chi connectivity index (χ4v) is 3.93. The number of Topliss-reactive ketones (excluding diaryl/α,β-unsaturated/α-hetero) is 1. The molecule has 1 amide bonds. The van der Waals surface area contributed by atoms with Crippen molar-refractivity contribution in [2.24, 2.45) is 5.92 Å². The van der Waals surface area contributed by atoms with Crippen LogP contribution in [0.4, 0.5) is 5.69 Å². The van der Waals surface area contributed by atoms with Crippen LogP contribution in [0.2, 0.25) is 0 Å². The van der Waals surface area contributed by atoms with E-state index in [4.69, 9.17) is 4.74 Å². The Morgan fingerprint density at radius 3 is 2.60 bits per heavy atom. The Kier molecular flexibility index (Phi) is 6.70. The lowest BCUT2D eigenvalue weighted by atomic mass is 9.96. The third-order valence-corrected chi connectivity index (χ3v) is 5.86. The molecule has 1 heterocycles. The zero-order valence-electron chi connectivity index (χ0n) is 18.1. The van der Waals surface area contributed by atoms with Gasteiger partial charge in [-0.05, 0) is 43.4 Å². The number of ketones is 1. The van der Waals surface area contributed by atoms with Gasteiger partial charge in [0, 0.05) is 24.2 Å². The molecule has 0 saturated carbocycles. The highest BCUT2D eigenvalue weighted by molar-refractivity contribution is 6.01. The molecule has 30 heavy (non-hydrogen) atoms. The van der Waals surface area contributed by atoms with Crippen molar-refractivity contribution in [2.75, 3.05) is 18.1 Å². The SMILES string of the molecule is CC[C@H](C)c1ccccc1N1C[C@@H](C(=O)OCC(=O)c2ccc(C)cc2C)CC1=O. The van der Waals surface area contributed by atoms with E-state index in [9.17, 15) is 14.4 Å². The summed E-state index contributed by atoms with van der Waals surface area (Å²) < 4.78 is 5.29. The fraction of sp³-hybridized carbons (Fsp3) is 0.400. The average molecular weight is 408 g/mol. The number of amides is 1. The number of para-hydroxylation sites is 1. The van der Waals surface area contributed by atoms with Crippen molar-refractivity contribution in [2.45, 2.75) is 46.5 Å². The van der Waals surface area contributed by atoms with E-state index >= 15 is 0 Å². The molecule has 1 aliphatic heterocycles. The Bertz CT molecular complexity index is 965. The number of esters is 1. The summed E-state index contributed by atoms with van der Waals surface area (Å²) in [6.45, 7) is 8.04. The van der Waals surface area contributed by atoms with Crippen LogP contribution in [0.1, 0.15) is 59.7 Å². The molecule has 158 valence electrons. The van der Waals surface area contributed by atoms with E-state index in [0.717, 1.165) is 28.8 Å². The lowest BCUT2D eigenvalue weighted by Crippen LogP contribution is -2.28. The third kappa shape index (κ3) is 4.61. The van der Waals surface area contributed by atoms with Crippen molar-refractivity contribution in [3.8, 4) is 0 Å². The van der Waals surface area contributed by atoms with Gasteiger partial charge in [0.1, 0.15) is 0 Å². The first-order valence-electron chi connectivity index (χ1n) is 10.5. The molecule has 5 heteroatoms. The quantitative estimate of drug-likeness (QED) is 0.497. The maximum Gasteiger partial charge on any atom is 0.311 e. The minimum Gasteiger partial charge on any atom is -0.457 e. The predicted octanol–water partition coefficient (Wildman–Crippen LogP) is 4.60. The maximum absolute atomic E-state index is 12.6. The molecule has 1 aliphatic rings. The molecule has 0 bridgehead atoms. The highest BCUT2D eigenvalue weighted by atomic mass is 16.5. The molecule has 3 rings (SSSR count). The van der Waals surface area contributed by atoms with E-state index in [1.807, 2.05) is 50.2 Å². The van der Waals surface area contributed by atoms with Gasteiger partial charge < -0.3 is 9.64 Å². The molecular formula is C25H29NO4. The minimum atomic E-state index is -0.561. The molecule has 2 aromatic carbocycles. The summed E-state index contributed by atoms with van der Waals surface area (Å²) in [5.41, 5.74) is 4.45. The van der Waals surface area contributed by atoms with Crippen molar-refractivity contribution in [3.05, 3.63) is 64.7 Å². The molecule has 5 nitrogen and oxygen atoms in total. The summed E-state index contributed by atoms with van der Waals surface area (Å²) >= 11 is 0.